The molecular formula is C24H27ClFN7O3. The highest BCUT2D eigenvalue weighted by Crippen LogP contribution is 2.45. The molecule has 1 amide bonds. The number of aliphatic carboxylic acids is 1. The highest BCUT2D eigenvalue weighted by molar-refractivity contribution is 6.31. The Balaban J connectivity index is 1.57. The van der Waals surface area contributed by atoms with Crippen LogP contribution in [0.4, 0.5) is 4.39 Å². The zero-order chi connectivity index (χ0) is 26.1. The van der Waals surface area contributed by atoms with Crippen LogP contribution in [-0.2, 0) is 11.3 Å². The van der Waals surface area contributed by atoms with Crippen molar-refractivity contribution in [2.24, 2.45) is 11.8 Å². The van der Waals surface area contributed by atoms with Crippen LogP contribution in [0.3, 0.4) is 0 Å². The summed E-state index contributed by atoms with van der Waals surface area (Å²) in [5.74, 6) is -1.67. The van der Waals surface area contributed by atoms with E-state index in [0.717, 1.165) is 11.3 Å². The van der Waals surface area contributed by atoms with E-state index in [0.29, 0.717) is 11.6 Å². The Hall–Kier alpha value is -3.73. The summed E-state index contributed by atoms with van der Waals surface area (Å²) in [7, 11) is 0. The molecule has 0 aromatic carbocycles. The molecule has 0 aliphatic carbocycles. The van der Waals surface area contributed by atoms with Gasteiger partial charge < -0.3 is 19.7 Å². The lowest BCUT2D eigenvalue weighted by atomic mass is 9.81. The average molecular weight is 516 g/mol. The zero-order valence-corrected chi connectivity index (χ0v) is 21.1. The van der Waals surface area contributed by atoms with Crippen molar-refractivity contribution in [3.8, 4) is 0 Å². The molecule has 2 atom stereocenters. The zero-order valence-electron chi connectivity index (χ0n) is 20.3. The van der Waals surface area contributed by atoms with Gasteiger partial charge in [-0.25, -0.2) is 14.1 Å². The first-order chi connectivity index (χ1) is 17.1. The molecule has 190 valence electrons. The second-order valence-corrected chi connectivity index (χ2v) is 9.37. The van der Waals surface area contributed by atoms with Crippen molar-refractivity contribution in [2.45, 2.75) is 40.4 Å². The third-order valence-electron chi connectivity index (χ3n) is 6.38. The van der Waals surface area contributed by atoms with E-state index in [-0.39, 0.29) is 35.2 Å². The molecule has 0 spiro atoms. The number of halogens is 2. The third kappa shape index (κ3) is 4.58. The van der Waals surface area contributed by atoms with E-state index >= 15 is 0 Å². The molecular weight excluding hydrogens is 489 g/mol. The number of amides is 1. The van der Waals surface area contributed by atoms with Crippen LogP contribution >= 0.6 is 11.6 Å². The summed E-state index contributed by atoms with van der Waals surface area (Å²) in [5.41, 5.74) is 2.40. The molecule has 4 rings (SSSR count). The van der Waals surface area contributed by atoms with E-state index in [1.54, 1.807) is 11.1 Å². The van der Waals surface area contributed by atoms with Crippen molar-refractivity contribution < 1.29 is 19.1 Å². The molecule has 2 N–H and O–H groups in total. The van der Waals surface area contributed by atoms with Crippen LogP contribution < -0.4 is 5.32 Å². The van der Waals surface area contributed by atoms with E-state index in [9.17, 15) is 19.1 Å². The lowest BCUT2D eigenvalue weighted by molar-refractivity contribution is -0.139. The lowest BCUT2D eigenvalue weighted by Gasteiger charge is -2.47. The fraction of sp³-hybridized carbons (Fsp3) is 0.375. The van der Waals surface area contributed by atoms with Crippen LogP contribution in [0, 0.1) is 17.7 Å². The number of nitrogens with one attached hydrogen (secondary N) is 1. The predicted octanol–water partition coefficient (Wildman–Crippen LogP) is 3.67. The number of hydrogen-bond donors (Lipinski definition) is 2. The van der Waals surface area contributed by atoms with Gasteiger partial charge in [0.25, 0.3) is 5.91 Å². The largest absolute Gasteiger partial charge is 0.480 e. The predicted molar refractivity (Wildman–Crippen MR) is 131 cm³/mol. The van der Waals surface area contributed by atoms with Crippen LogP contribution in [0.5, 0.6) is 0 Å². The molecule has 3 aromatic rings. The van der Waals surface area contributed by atoms with E-state index in [4.69, 9.17) is 11.6 Å². The lowest BCUT2D eigenvalue weighted by Crippen LogP contribution is -2.47. The number of imidazole rings is 1. The Labute approximate surface area is 212 Å². The molecule has 10 nitrogen and oxygen atoms in total. The van der Waals surface area contributed by atoms with Gasteiger partial charge in [0.15, 0.2) is 11.5 Å². The minimum Gasteiger partial charge on any atom is -0.480 e. The first-order valence-electron chi connectivity index (χ1n) is 11.5. The van der Waals surface area contributed by atoms with E-state index < -0.39 is 23.9 Å². The highest BCUT2D eigenvalue weighted by atomic mass is 35.5. The molecule has 1 aliphatic rings. The first kappa shape index (κ1) is 25.4. The summed E-state index contributed by atoms with van der Waals surface area (Å²) in [6, 6.07) is 1.42. The van der Waals surface area contributed by atoms with Crippen molar-refractivity contribution in [1.82, 2.24) is 34.6 Å². The van der Waals surface area contributed by atoms with Crippen LogP contribution in [0.1, 0.15) is 50.0 Å². The molecule has 4 heterocycles. The van der Waals surface area contributed by atoms with E-state index in [1.807, 2.05) is 19.1 Å². The Morgan fingerprint density at radius 3 is 2.75 bits per heavy atom. The number of allylic oxidation sites excluding steroid dienone is 2. The number of aromatic nitrogens is 5. The Morgan fingerprint density at radius 1 is 1.33 bits per heavy atom. The number of nitrogens with zero attached hydrogens (tertiary/aromatic N) is 6. The maximum atomic E-state index is 14.5. The molecule has 0 fully saturated rings. The maximum Gasteiger partial charge on any atom is 0.323 e. The van der Waals surface area contributed by atoms with Crippen LogP contribution in [0.15, 0.2) is 48.2 Å². The number of carboxylic acid groups (broad SMARTS) is 1. The van der Waals surface area contributed by atoms with Crippen molar-refractivity contribution in [3.63, 3.8) is 0 Å². The second-order valence-electron chi connectivity index (χ2n) is 8.96. The van der Waals surface area contributed by atoms with Gasteiger partial charge in [-0.2, -0.15) is 0 Å². The fourth-order valence-electron chi connectivity index (χ4n) is 4.28. The van der Waals surface area contributed by atoms with Gasteiger partial charge in [-0.05, 0) is 30.9 Å². The smallest absolute Gasteiger partial charge is 0.323 e. The van der Waals surface area contributed by atoms with Crippen molar-refractivity contribution in [3.05, 3.63) is 70.4 Å². The quantitative estimate of drug-likeness (QED) is 0.446. The first-order valence-corrected chi connectivity index (χ1v) is 11.9. The summed E-state index contributed by atoms with van der Waals surface area (Å²) in [6.07, 6.45) is 7.77. The molecule has 0 bridgehead atoms. The van der Waals surface area contributed by atoms with E-state index in [2.05, 4.69) is 41.4 Å². The Bertz CT molecular complexity index is 1380. The number of carboxylic acids is 1. The second kappa shape index (κ2) is 10.1. The number of carbonyl (C=O) groups is 2. The number of hydrogen-bond acceptors (Lipinski definition) is 6. The average Bonchev–Trinajstić information content (AvgIpc) is 3.47. The third-order valence-corrected chi connectivity index (χ3v) is 6.67. The van der Waals surface area contributed by atoms with Gasteiger partial charge >= 0.3 is 5.97 Å². The maximum absolute atomic E-state index is 14.5. The normalized spacial score (nSPS) is 16.8. The summed E-state index contributed by atoms with van der Waals surface area (Å²) >= 11 is 5.88. The van der Waals surface area contributed by atoms with Gasteiger partial charge in [-0.3, -0.25) is 9.59 Å². The van der Waals surface area contributed by atoms with Crippen LogP contribution in [0.25, 0.3) is 5.52 Å². The van der Waals surface area contributed by atoms with Crippen molar-refractivity contribution in [2.75, 3.05) is 6.54 Å². The molecule has 36 heavy (non-hydrogen) atoms. The van der Waals surface area contributed by atoms with Crippen LogP contribution in [0.2, 0.25) is 5.02 Å². The standard InChI is InChI=1S/C24H27ClFN7O3/c1-5-6-18-20(14(4)13(2)3)24(32(18)11-19(34)35)33-10-17(29-30-33)23(36)27-9-16-22-21(26)15(25)7-8-31(22)12-28-16/h5-8,10,12-14,24H,9,11H2,1-4H3,(H,27,36)(H,34,35)/b6-5-/t14-,24?/m0/s1. The van der Waals surface area contributed by atoms with E-state index in [1.165, 1.54) is 27.7 Å². The number of fused-ring (bicyclic) bond motifs is 1. The van der Waals surface area contributed by atoms with Crippen molar-refractivity contribution >= 4 is 29.0 Å². The number of pyridine rings is 1. The van der Waals surface area contributed by atoms with Gasteiger partial charge in [-0.15, -0.1) is 5.10 Å². The van der Waals surface area contributed by atoms with Gasteiger partial charge in [0.05, 0.1) is 29.8 Å². The minimum atomic E-state index is -0.976. The Morgan fingerprint density at radius 2 is 2.08 bits per heavy atom. The van der Waals surface area contributed by atoms with Crippen LogP contribution in [-0.4, -0.2) is 52.8 Å². The highest BCUT2D eigenvalue weighted by Gasteiger charge is 2.42. The monoisotopic (exact) mass is 515 g/mol. The topological polar surface area (TPSA) is 118 Å². The van der Waals surface area contributed by atoms with Gasteiger partial charge in [-0.1, -0.05) is 43.7 Å². The summed E-state index contributed by atoms with van der Waals surface area (Å²) < 4.78 is 17.5. The summed E-state index contributed by atoms with van der Waals surface area (Å²) in [5, 5.41) is 20.2. The molecule has 0 radical (unpaired) electrons. The molecule has 1 aliphatic heterocycles. The number of rotatable bonds is 9. The van der Waals surface area contributed by atoms with Gasteiger partial charge in [0.2, 0.25) is 0 Å². The molecule has 0 saturated heterocycles. The minimum absolute atomic E-state index is 0.0401. The SMILES string of the molecule is C/C=C\C1=C([C@@H](C)C(C)C)C(n2cc(C(=O)NCc3ncn4ccc(Cl)c(F)c34)nn2)N1CC(=O)O. The van der Waals surface area contributed by atoms with Gasteiger partial charge in [0, 0.05) is 17.5 Å². The summed E-state index contributed by atoms with van der Waals surface area (Å²) in [6.45, 7) is 7.88. The molecule has 1 unspecified atom stereocenters. The molecule has 0 saturated carbocycles. The molecule has 3 aromatic heterocycles. The fourth-order valence-corrected chi connectivity index (χ4v) is 4.43. The molecule has 12 heteroatoms. The van der Waals surface area contributed by atoms with Crippen molar-refractivity contribution in [1.29, 1.82) is 0 Å². The summed E-state index contributed by atoms with van der Waals surface area (Å²) in [4.78, 5) is 30.2. The number of carbonyl (C=O) groups excluding carboxylic acids is 1. The Kier molecular flexibility index (Phi) is 7.11. The van der Waals surface area contributed by atoms with Gasteiger partial charge in [0.1, 0.15) is 18.2 Å².